The van der Waals surface area contributed by atoms with Crippen LogP contribution in [-0.2, 0) is 15.0 Å². The summed E-state index contributed by atoms with van der Waals surface area (Å²) in [7, 11) is 0. The summed E-state index contributed by atoms with van der Waals surface area (Å²) in [6.45, 7) is 7.64. The van der Waals surface area contributed by atoms with Gasteiger partial charge < -0.3 is 4.90 Å². The van der Waals surface area contributed by atoms with E-state index >= 15 is 0 Å². The van der Waals surface area contributed by atoms with Crippen molar-refractivity contribution in [3.8, 4) is 0 Å². The minimum absolute atomic E-state index is 0.0303. The lowest BCUT2D eigenvalue weighted by Gasteiger charge is -2.26. The molecule has 1 heterocycles. The first-order chi connectivity index (χ1) is 10.6. The molecule has 0 N–H and O–H groups in total. The van der Waals surface area contributed by atoms with Crippen molar-refractivity contribution in [2.75, 3.05) is 11.4 Å². The lowest BCUT2D eigenvalue weighted by molar-refractivity contribution is -0.384. The first-order valence-corrected chi connectivity index (χ1v) is 7.67. The molecule has 1 aliphatic heterocycles. The monoisotopic (exact) mass is 340 g/mol. The summed E-state index contributed by atoms with van der Waals surface area (Å²) in [5, 5.41) is 10.6. The van der Waals surface area contributed by atoms with E-state index in [0.717, 1.165) is 18.4 Å². The molecule has 0 atom stereocenters. The molecular weight excluding hydrogens is 320 g/mol. The normalized spacial score (nSPS) is 15.6. The van der Waals surface area contributed by atoms with Crippen molar-refractivity contribution in [1.82, 2.24) is 0 Å². The number of nitro groups is 1. The van der Waals surface area contributed by atoms with E-state index in [2.05, 4.69) is 25.4 Å². The third-order valence-electron chi connectivity index (χ3n) is 3.78. The van der Waals surface area contributed by atoms with Crippen LogP contribution in [0.25, 0.3) is 0 Å². The molecule has 1 amide bonds. The van der Waals surface area contributed by atoms with E-state index in [9.17, 15) is 19.7 Å². The van der Waals surface area contributed by atoms with Crippen LogP contribution in [0.1, 0.15) is 46.1 Å². The number of nitro benzene ring substituents is 1. The van der Waals surface area contributed by atoms with Crippen LogP contribution >= 0.6 is 11.6 Å². The summed E-state index contributed by atoms with van der Waals surface area (Å²) in [6.07, 6.45) is 1.86. The van der Waals surface area contributed by atoms with Crippen LogP contribution in [0.3, 0.4) is 0 Å². The van der Waals surface area contributed by atoms with Gasteiger partial charge in [0.1, 0.15) is 0 Å². The highest BCUT2D eigenvalue weighted by molar-refractivity contribution is 6.62. The third-order valence-corrected chi connectivity index (χ3v) is 3.78. The van der Waals surface area contributed by atoms with Crippen molar-refractivity contribution in [3.63, 3.8) is 0 Å². The van der Waals surface area contributed by atoms with Gasteiger partial charge >= 0.3 is 0 Å². The van der Waals surface area contributed by atoms with Crippen LogP contribution in [0.15, 0.2) is 18.2 Å². The number of benzene rings is 1. The van der Waals surface area contributed by atoms with Crippen molar-refractivity contribution >= 4 is 34.1 Å². The number of carbonyl (C=O) groups is 2. The van der Waals surface area contributed by atoms with Gasteiger partial charge in [-0.3, -0.25) is 19.7 Å². The summed E-state index contributed by atoms with van der Waals surface area (Å²) in [4.78, 5) is 33.1. The molecule has 1 aromatic carbocycles. The maximum Gasteiger partial charge on any atom is 0.271 e. The number of anilines is 1. The zero-order chi connectivity index (χ0) is 17.8. The van der Waals surface area contributed by atoms with E-state index in [0.29, 0.717) is 12.2 Å². The quantitative estimate of drug-likeness (QED) is 0.442. The van der Waals surface area contributed by atoms with Crippen LogP contribution in [0, 0.1) is 10.1 Å². The fourth-order valence-electron chi connectivity index (χ4n) is 2.69. The summed E-state index contributed by atoms with van der Waals surface area (Å²) < 4.78 is 0. The lowest BCUT2D eigenvalue weighted by Crippen LogP contribution is -2.29. The Morgan fingerprint density at radius 2 is 1.87 bits per heavy atom. The van der Waals surface area contributed by atoms with Gasteiger partial charge in [0.25, 0.3) is 5.69 Å². The Bertz CT molecular complexity index is 625. The van der Waals surface area contributed by atoms with Gasteiger partial charge in [-0.25, -0.2) is 0 Å². The zero-order valence-electron chi connectivity index (χ0n) is 13.8. The van der Waals surface area contributed by atoms with E-state index in [4.69, 9.17) is 0 Å². The number of carbonyl (C=O) groups excluding carboxylic acids is 2. The largest absolute Gasteiger partial charge is 0.312 e. The fourth-order valence-corrected chi connectivity index (χ4v) is 2.69. The van der Waals surface area contributed by atoms with Crippen LogP contribution in [0.5, 0.6) is 0 Å². The Morgan fingerprint density at radius 1 is 1.30 bits per heavy atom. The van der Waals surface area contributed by atoms with Crippen molar-refractivity contribution in [1.29, 1.82) is 0 Å². The molecular formula is C16H21ClN2O4. The Kier molecular flexibility index (Phi) is 6.27. The topological polar surface area (TPSA) is 80.5 Å². The Labute approximate surface area is 140 Å². The van der Waals surface area contributed by atoms with Crippen LogP contribution in [0.4, 0.5) is 11.4 Å². The second-order valence-corrected chi connectivity index (χ2v) is 6.62. The van der Waals surface area contributed by atoms with Crippen molar-refractivity contribution in [3.05, 3.63) is 33.9 Å². The molecule has 1 aromatic rings. The van der Waals surface area contributed by atoms with Crippen LogP contribution < -0.4 is 4.90 Å². The molecule has 0 radical (unpaired) electrons. The molecule has 0 saturated heterocycles. The molecule has 23 heavy (non-hydrogen) atoms. The fraction of sp³-hybridized carbons (Fsp3) is 0.500. The van der Waals surface area contributed by atoms with E-state index < -0.39 is 4.92 Å². The van der Waals surface area contributed by atoms with Crippen LogP contribution in [0.2, 0.25) is 0 Å². The van der Waals surface area contributed by atoms with Crippen molar-refractivity contribution in [2.45, 2.75) is 46.0 Å². The van der Waals surface area contributed by atoms with Gasteiger partial charge in [-0.1, -0.05) is 13.8 Å². The number of hydrogen-bond donors (Lipinski definition) is 0. The Balaban J connectivity index is 0.000000593. The van der Waals surface area contributed by atoms with Gasteiger partial charge in [0.05, 0.1) is 10.6 Å². The minimum Gasteiger partial charge on any atom is -0.312 e. The van der Waals surface area contributed by atoms with E-state index in [-0.39, 0.29) is 22.3 Å². The Morgan fingerprint density at radius 3 is 2.35 bits per heavy atom. The highest BCUT2D eigenvalue weighted by Gasteiger charge is 2.31. The van der Waals surface area contributed by atoms with Gasteiger partial charge in [0.15, 0.2) is 0 Å². The molecule has 0 aliphatic carbocycles. The van der Waals surface area contributed by atoms with Gasteiger partial charge in [-0.05, 0) is 41.5 Å². The number of halogens is 1. The molecule has 0 aromatic heterocycles. The van der Waals surface area contributed by atoms with Gasteiger partial charge in [0.2, 0.25) is 11.1 Å². The molecule has 7 heteroatoms. The second-order valence-electron chi connectivity index (χ2n) is 6.09. The number of non-ortho nitro benzene ring substituents is 1. The molecule has 0 saturated carbocycles. The maximum atomic E-state index is 11.8. The van der Waals surface area contributed by atoms with E-state index in [1.807, 2.05) is 0 Å². The predicted octanol–water partition coefficient (Wildman–Crippen LogP) is 3.79. The molecule has 2 rings (SSSR count). The van der Waals surface area contributed by atoms with E-state index in [1.165, 1.54) is 26.0 Å². The average Bonchev–Trinajstić information content (AvgIpc) is 2.54. The summed E-state index contributed by atoms with van der Waals surface area (Å²) >= 11 is 4.64. The molecule has 0 unspecified atom stereocenters. The van der Waals surface area contributed by atoms with Crippen LogP contribution in [-0.4, -0.2) is 22.6 Å². The van der Waals surface area contributed by atoms with E-state index in [1.54, 1.807) is 11.0 Å². The van der Waals surface area contributed by atoms with Gasteiger partial charge in [0, 0.05) is 32.5 Å². The number of rotatable bonds is 1. The lowest BCUT2D eigenvalue weighted by atomic mass is 9.80. The first kappa shape index (κ1) is 19.1. The van der Waals surface area contributed by atoms with Crippen molar-refractivity contribution in [2.24, 2.45) is 0 Å². The smallest absolute Gasteiger partial charge is 0.271 e. The molecule has 0 fully saturated rings. The van der Waals surface area contributed by atoms with Gasteiger partial charge in [-0.2, -0.15) is 0 Å². The number of hydrogen-bond acceptors (Lipinski definition) is 4. The Hall–Kier alpha value is -1.95. The van der Waals surface area contributed by atoms with Crippen molar-refractivity contribution < 1.29 is 14.5 Å². The molecule has 0 spiro atoms. The number of amides is 1. The SMILES string of the molecule is CC(=O)Cl.CC(=O)N1CCCC(C)(C)c2ccc([N+](=O)[O-])cc21. The second kappa shape index (κ2) is 7.55. The molecule has 126 valence electrons. The maximum absolute atomic E-state index is 11.8. The highest BCUT2D eigenvalue weighted by atomic mass is 35.5. The molecule has 1 aliphatic rings. The highest BCUT2D eigenvalue weighted by Crippen LogP contribution is 2.40. The van der Waals surface area contributed by atoms with Gasteiger partial charge in [-0.15, -0.1) is 0 Å². The molecule has 0 bridgehead atoms. The predicted molar refractivity (Wildman–Crippen MR) is 89.9 cm³/mol. The minimum atomic E-state index is -0.420. The number of fused-ring (bicyclic) bond motifs is 1. The standard InChI is InChI=1S/C14H18N2O3.C2H3ClO/c1-10(17)15-8-4-7-14(2,3)12-6-5-11(16(18)19)9-13(12)15;1-2(3)4/h5-6,9H,4,7-8H2,1-3H3;1H3. The summed E-state index contributed by atoms with van der Waals surface area (Å²) in [6, 6.07) is 4.82. The average molecular weight is 341 g/mol. The summed E-state index contributed by atoms with van der Waals surface area (Å²) in [5.74, 6) is -0.0700. The number of nitrogens with zero attached hydrogens (tertiary/aromatic N) is 2. The first-order valence-electron chi connectivity index (χ1n) is 7.29. The molecule has 6 nitrogen and oxygen atoms in total. The summed E-state index contributed by atoms with van der Waals surface area (Å²) in [5.41, 5.74) is 1.65. The zero-order valence-corrected chi connectivity index (χ0v) is 14.5. The third kappa shape index (κ3) is 5.03.